The molecule has 1 aromatic heterocycles. The molecule has 2 aromatic rings. The fourth-order valence-corrected chi connectivity index (χ4v) is 2.26. The molecule has 0 fully saturated rings. The van der Waals surface area contributed by atoms with Gasteiger partial charge in [-0.1, -0.05) is 12.1 Å². The second kappa shape index (κ2) is 6.81. The smallest absolute Gasteiger partial charge is 0.0991 e. The highest BCUT2D eigenvalue weighted by Crippen LogP contribution is 2.15. The van der Waals surface area contributed by atoms with Gasteiger partial charge in [0.05, 0.1) is 6.33 Å². The van der Waals surface area contributed by atoms with E-state index in [1.54, 1.807) is 18.8 Å². The molecular weight excluding hydrogens is 270 g/mol. The molecule has 0 amide bonds. The van der Waals surface area contributed by atoms with E-state index in [9.17, 15) is 4.21 Å². The zero-order valence-electron chi connectivity index (χ0n) is 12.1. The van der Waals surface area contributed by atoms with Crippen LogP contribution < -0.4 is 5.32 Å². The Kier molecular flexibility index (Phi) is 5.09. The van der Waals surface area contributed by atoms with E-state index in [0.717, 1.165) is 12.2 Å². The lowest BCUT2D eigenvalue weighted by Crippen LogP contribution is -2.29. The lowest BCUT2D eigenvalue weighted by atomic mass is 10.1. The van der Waals surface area contributed by atoms with Gasteiger partial charge in [0, 0.05) is 53.0 Å². The van der Waals surface area contributed by atoms with Crippen LogP contribution in [0.5, 0.6) is 0 Å². The van der Waals surface area contributed by atoms with Crippen molar-refractivity contribution < 1.29 is 4.21 Å². The van der Waals surface area contributed by atoms with E-state index in [0.29, 0.717) is 0 Å². The molecule has 0 aliphatic rings. The lowest BCUT2D eigenvalue weighted by Gasteiger charge is -2.17. The Morgan fingerprint density at radius 1 is 1.30 bits per heavy atom. The maximum Gasteiger partial charge on any atom is 0.0991 e. The van der Waals surface area contributed by atoms with Crippen LogP contribution in [0.3, 0.4) is 0 Å². The first-order valence-electron chi connectivity index (χ1n) is 6.72. The van der Waals surface area contributed by atoms with Crippen molar-refractivity contribution in [2.45, 2.75) is 25.1 Å². The van der Waals surface area contributed by atoms with Crippen LogP contribution in [-0.2, 0) is 10.8 Å². The molecule has 1 aromatic carbocycles. The number of hydrogen-bond donors (Lipinski definition) is 1. The first-order valence-corrected chi connectivity index (χ1v) is 8.34. The largest absolute Gasteiger partial charge is 0.309 e. The Hall–Kier alpha value is -1.46. The van der Waals surface area contributed by atoms with Gasteiger partial charge in [0.15, 0.2) is 0 Å². The third kappa shape index (κ3) is 3.77. The summed E-state index contributed by atoms with van der Waals surface area (Å²) < 4.78 is 13.3. The normalized spacial score (nSPS) is 15.8. The molecular formula is C15H21N3OS. The maximum atomic E-state index is 11.3. The Bertz CT molecular complexity index is 551. The van der Waals surface area contributed by atoms with Crippen molar-refractivity contribution in [3.8, 4) is 5.69 Å². The molecule has 0 aliphatic heterocycles. The van der Waals surface area contributed by atoms with E-state index >= 15 is 0 Å². The van der Waals surface area contributed by atoms with Crippen molar-refractivity contribution in [2.24, 2.45) is 0 Å². The molecule has 3 unspecified atom stereocenters. The Morgan fingerprint density at radius 2 is 2.00 bits per heavy atom. The van der Waals surface area contributed by atoms with Crippen molar-refractivity contribution in [2.75, 3.05) is 12.8 Å². The molecule has 0 spiro atoms. The van der Waals surface area contributed by atoms with Crippen molar-refractivity contribution in [1.29, 1.82) is 0 Å². The van der Waals surface area contributed by atoms with Gasteiger partial charge in [-0.3, -0.25) is 4.21 Å². The van der Waals surface area contributed by atoms with E-state index in [1.165, 1.54) is 5.56 Å². The van der Waals surface area contributed by atoms with Crippen LogP contribution in [0.1, 0.15) is 25.5 Å². The molecule has 0 saturated carbocycles. The molecule has 0 bridgehead atoms. The highest BCUT2D eigenvalue weighted by atomic mass is 32.2. The number of hydrogen-bond acceptors (Lipinski definition) is 3. The molecule has 108 valence electrons. The molecule has 1 N–H and O–H groups in total. The predicted octanol–water partition coefficient (Wildman–Crippen LogP) is 2.29. The Morgan fingerprint density at radius 3 is 2.55 bits per heavy atom. The summed E-state index contributed by atoms with van der Waals surface area (Å²) in [6, 6.07) is 8.63. The van der Waals surface area contributed by atoms with Crippen molar-refractivity contribution >= 4 is 10.8 Å². The summed E-state index contributed by atoms with van der Waals surface area (Å²) in [5, 5.41) is 3.59. The SMILES string of the molecule is CC(NCC(C)S(C)=O)c1ccc(-n2ccnc2)cc1. The van der Waals surface area contributed by atoms with Crippen LogP contribution >= 0.6 is 0 Å². The van der Waals surface area contributed by atoms with Gasteiger partial charge in [-0.2, -0.15) is 0 Å². The van der Waals surface area contributed by atoms with Gasteiger partial charge in [0.1, 0.15) is 0 Å². The van der Waals surface area contributed by atoms with Crippen LogP contribution in [0.2, 0.25) is 0 Å². The first-order chi connectivity index (χ1) is 9.58. The lowest BCUT2D eigenvalue weighted by molar-refractivity contribution is 0.569. The number of rotatable bonds is 6. The topological polar surface area (TPSA) is 46.9 Å². The fraction of sp³-hybridized carbons (Fsp3) is 0.400. The minimum atomic E-state index is -0.780. The summed E-state index contributed by atoms with van der Waals surface area (Å²) in [4.78, 5) is 4.04. The number of benzene rings is 1. The number of nitrogens with one attached hydrogen (secondary N) is 1. The van der Waals surface area contributed by atoms with Crippen molar-refractivity contribution in [3.05, 3.63) is 48.5 Å². The van der Waals surface area contributed by atoms with Gasteiger partial charge in [-0.25, -0.2) is 4.98 Å². The zero-order valence-corrected chi connectivity index (χ0v) is 12.9. The summed E-state index contributed by atoms with van der Waals surface area (Å²) in [6.07, 6.45) is 7.23. The van der Waals surface area contributed by atoms with E-state index in [2.05, 4.69) is 41.5 Å². The van der Waals surface area contributed by atoms with Crippen molar-refractivity contribution in [3.63, 3.8) is 0 Å². The van der Waals surface area contributed by atoms with Gasteiger partial charge >= 0.3 is 0 Å². The molecule has 20 heavy (non-hydrogen) atoms. The monoisotopic (exact) mass is 291 g/mol. The number of aromatic nitrogens is 2. The van der Waals surface area contributed by atoms with Crippen LogP contribution in [0, 0.1) is 0 Å². The second-order valence-corrected chi connectivity index (χ2v) is 6.80. The summed E-state index contributed by atoms with van der Waals surface area (Å²) in [5.74, 6) is 0. The predicted molar refractivity (Wildman–Crippen MR) is 83.5 cm³/mol. The first kappa shape index (κ1) is 14.9. The summed E-state index contributed by atoms with van der Waals surface area (Å²) >= 11 is 0. The standard InChI is InChI=1S/C15H21N3OS/c1-12(20(3)19)10-17-13(2)14-4-6-15(7-5-14)18-9-8-16-11-18/h4-9,11-13,17H,10H2,1-3H3. The van der Waals surface area contributed by atoms with E-state index in [4.69, 9.17) is 0 Å². The average molecular weight is 291 g/mol. The summed E-state index contributed by atoms with van der Waals surface area (Å²) in [7, 11) is -0.780. The Labute approximate surface area is 122 Å². The molecule has 3 atom stereocenters. The molecule has 1 heterocycles. The third-order valence-corrected chi connectivity index (χ3v) is 4.77. The van der Waals surface area contributed by atoms with Gasteiger partial charge < -0.3 is 9.88 Å². The van der Waals surface area contributed by atoms with Crippen LogP contribution in [0.15, 0.2) is 43.0 Å². The van der Waals surface area contributed by atoms with Crippen molar-refractivity contribution in [1.82, 2.24) is 14.9 Å². The minimum Gasteiger partial charge on any atom is -0.309 e. The Balaban J connectivity index is 1.97. The second-order valence-electron chi connectivity index (χ2n) is 5.00. The van der Waals surface area contributed by atoms with Gasteiger partial charge in [0.2, 0.25) is 0 Å². The molecule has 5 heteroatoms. The number of nitrogens with zero attached hydrogens (tertiary/aromatic N) is 2. The fourth-order valence-electron chi connectivity index (χ4n) is 1.92. The van der Waals surface area contributed by atoms with E-state index in [-0.39, 0.29) is 11.3 Å². The highest BCUT2D eigenvalue weighted by Gasteiger charge is 2.10. The van der Waals surface area contributed by atoms with E-state index < -0.39 is 10.8 Å². The molecule has 0 aliphatic carbocycles. The quantitative estimate of drug-likeness (QED) is 0.888. The molecule has 2 rings (SSSR count). The van der Waals surface area contributed by atoms with Crippen LogP contribution in [0.25, 0.3) is 5.69 Å². The van der Waals surface area contributed by atoms with Gasteiger partial charge in [0.25, 0.3) is 0 Å². The van der Waals surface area contributed by atoms with Gasteiger partial charge in [-0.05, 0) is 31.5 Å². The minimum absolute atomic E-state index is 0.169. The van der Waals surface area contributed by atoms with Crippen LogP contribution in [-0.4, -0.2) is 31.8 Å². The average Bonchev–Trinajstić information content (AvgIpc) is 2.98. The molecule has 0 radical (unpaired) electrons. The molecule has 4 nitrogen and oxygen atoms in total. The van der Waals surface area contributed by atoms with E-state index in [1.807, 2.05) is 17.7 Å². The number of imidazole rings is 1. The molecule has 0 saturated heterocycles. The van der Waals surface area contributed by atoms with Gasteiger partial charge in [-0.15, -0.1) is 0 Å². The third-order valence-electron chi connectivity index (χ3n) is 3.47. The summed E-state index contributed by atoms with van der Waals surface area (Å²) in [6.45, 7) is 4.88. The maximum absolute atomic E-state index is 11.3. The van der Waals surface area contributed by atoms with Crippen LogP contribution in [0.4, 0.5) is 0 Å². The zero-order chi connectivity index (χ0) is 14.5. The highest BCUT2D eigenvalue weighted by molar-refractivity contribution is 7.84. The summed E-state index contributed by atoms with van der Waals surface area (Å²) in [5.41, 5.74) is 2.32.